The smallest absolute Gasteiger partial charge is 0.251 e. The Morgan fingerprint density at radius 2 is 2.10 bits per heavy atom. The minimum Gasteiger partial charge on any atom is -0.375 e. The lowest BCUT2D eigenvalue weighted by molar-refractivity contribution is -0.124. The number of hydrogen-bond acceptors (Lipinski definition) is 4. The van der Waals surface area contributed by atoms with Crippen molar-refractivity contribution in [2.45, 2.75) is 0 Å². The van der Waals surface area contributed by atoms with Crippen LogP contribution in [0.15, 0.2) is 24.5 Å². The largest absolute Gasteiger partial charge is 0.375 e. The molecule has 3 N–H and O–H groups in total. The lowest BCUT2D eigenvalue weighted by atomic mass is 10.2. The molecule has 0 aliphatic heterocycles. The second kappa shape index (κ2) is 6.67. The average molecular weight is 276 g/mol. The van der Waals surface area contributed by atoms with Crippen LogP contribution in [0.1, 0.15) is 10.4 Å². The van der Waals surface area contributed by atoms with Gasteiger partial charge in [-0.05, 0) is 18.2 Å². The van der Waals surface area contributed by atoms with Crippen molar-refractivity contribution in [1.29, 1.82) is 0 Å². The molecular formula is C13H16N4O3. The second-order valence-electron chi connectivity index (χ2n) is 4.17. The van der Waals surface area contributed by atoms with E-state index in [2.05, 4.69) is 25.3 Å². The second-order valence-corrected chi connectivity index (χ2v) is 4.17. The zero-order chi connectivity index (χ0) is 14.4. The summed E-state index contributed by atoms with van der Waals surface area (Å²) in [6, 6.07) is 5.23. The van der Waals surface area contributed by atoms with E-state index < -0.39 is 0 Å². The Bertz CT molecular complexity index is 608. The monoisotopic (exact) mass is 276 g/mol. The predicted octanol–water partition coefficient (Wildman–Crippen LogP) is 0.0553. The standard InChI is InChI=1S/C13H16N4O3/c1-20-7-12(18)14-4-5-15-13(19)9-2-3-10-11(6-9)17-8-16-10/h2-3,6,8H,4-5,7H2,1H3,(H,14,18)(H,15,19)(H,16,17). The number of benzene rings is 1. The molecule has 2 amide bonds. The van der Waals surface area contributed by atoms with Gasteiger partial charge in [0.1, 0.15) is 6.61 Å². The van der Waals surface area contributed by atoms with Crippen LogP contribution in [0, 0.1) is 0 Å². The van der Waals surface area contributed by atoms with Crippen molar-refractivity contribution in [1.82, 2.24) is 20.6 Å². The van der Waals surface area contributed by atoms with Gasteiger partial charge < -0.3 is 20.4 Å². The van der Waals surface area contributed by atoms with Crippen LogP contribution in [-0.2, 0) is 9.53 Å². The van der Waals surface area contributed by atoms with Gasteiger partial charge in [0.2, 0.25) is 5.91 Å². The SMILES string of the molecule is COCC(=O)NCCNC(=O)c1ccc2nc[nH]c2c1. The molecular weight excluding hydrogens is 260 g/mol. The number of amides is 2. The summed E-state index contributed by atoms with van der Waals surface area (Å²) in [6.07, 6.45) is 1.58. The average Bonchev–Trinajstić information content (AvgIpc) is 2.91. The Morgan fingerprint density at radius 1 is 1.30 bits per heavy atom. The highest BCUT2D eigenvalue weighted by molar-refractivity contribution is 5.97. The fourth-order valence-electron chi connectivity index (χ4n) is 1.74. The Hall–Kier alpha value is -2.41. The first-order chi connectivity index (χ1) is 9.70. The van der Waals surface area contributed by atoms with Crippen molar-refractivity contribution in [3.05, 3.63) is 30.1 Å². The van der Waals surface area contributed by atoms with E-state index in [0.717, 1.165) is 11.0 Å². The Balaban J connectivity index is 1.81. The van der Waals surface area contributed by atoms with Gasteiger partial charge in [0, 0.05) is 25.8 Å². The number of fused-ring (bicyclic) bond motifs is 1. The van der Waals surface area contributed by atoms with Gasteiger partial charge in [-0.2, -0.15) is 0 Å². The summed E-state index contributed by atoms with van der Waals surface area (Å²) in [6.45, 7) is 0.736. The van der Waals surface area contributed by atoms with Gasteiger partial charge in [-0.3, -0.25) is 9.59 Å². The molecule has 0 radical (unpaired) electrons. The molecule has 0 saturated carbocycles. The fourth-order valence-corrected chi connectivity index (χ4v) is 1.74. The van der Waals surface area contributed by atoms with Crippen LogP contribution in [0.4, 0.5) is 0 Å². The first-order valence-electron chi connectivity index (χ1n) is 6.17. The summed E-state index contributed by atoms with van der Waals surface area (Å²) in [7, 11) is 1.45. The molecule has 20 heavy (non-hydrogen) atoms. The first-order valence-corrected chi connectivity index (χ1v) is 6.17. The number of carbonyl (C=O) groups is 2. The van der Waals surface area contributed by atoms with Gasteiger partial charge >= 0.3 is 0 Å². The summed E-state index contributed by atoms with van der Waals surface area (Å²) in [5, 5.41) is 5.35. The number of imidazole rings is 1. The zero-order valence-electron chi connectivity index (χ0n) is 11.1. The number of hydrogen-bond donors (Lipinski definition) is 3. The summed E-state index contributed by atoms with van der Waals surface area (Å²) < 4.78 is 4.68. The third-order valence-electron chi connectivity index (χ3n) is 2.69. The molecule has 106 valence electrons. The molecule has 2 aromatic rings. The maximum absolute atomic E-state index is 11.9. The van der Waals surface area contributed by atoms with E-state index in [1.165, 1.54) is 7.11 Å². The quantitative estimate of drug-likeness (QED) is 0.650. The van der Waals surface area contributed by atoms with E-state index in [-0.39, 0.29) is 18.4 Å². The number of H-pyrrole nitrogens is 1. The molecule has 0 aliphatic rings. The molecule has 0 saturated heterocycles. The van der Waals surface area contributed by atoms with Gasteiger partial charge in [-0.15, -0.1) is 0 Å². The Morgan fingerprint density at radius 3 is 2.90 bits per heavy atom. The molecule has 0 atom stereocenters. The summed E-state index contributed by atoms with van der Waals surface area (Å²) >= 11 is 0. The summed E-state index contributed by atoms with van der Waals surface area (Å²) in [4.78, 5) is 30.0. The highest BCUT2D eigenvalue weighted by atomic mass is 16.5. The number of aromatic amines is 1. The number of ether oxygens (including phenoxy) is 1. The van der Waals surface area contributed by atoms with Crippen molar-refractivity contribution in [2.75, 3.05) is 26.8 Å². The maximum atomic E-state index is 11.9. The molecule has 1 aromatic heterocycles. The van der Waals surface area contributed by atoms with Crippen molar-refractivity contribution in [3.63, 3.8) is 0 Å². The number of nitrogens with zero attached hydrogens (tertiary/aromatic N) is 1. The van der Waals surface area contributed by atoms with Crippen LogP contribution in [-0.4, -0.2) is 48.6 Å². The Labute approximate surface area is 115 Å². The fraction of sp³-hybridized carbons (Fsp3) is 0.308. The predicted molar refractivity (Wildman–Crippen MR) is 73.3 cm³/mol. The molecule has 2 rings (SSSR count). The maximum Gasteiger partial charge on any atom is 0.251 e. The van der Waals surface area contributed by atoms with Gasteiger partial charge in [0.15, 0.2) is 0 Å². The van der Waals surface area contributed by atoms with Crippen LogP contribution in [0.2, 0.25) is 0 Å². The number of nitrogens with one attached hydrogen (secondary N) is 3. The summed E-state index contributed by atoms with van der Waals surface area (Å²) in [5.74, 6) is -0.400. The van der Waals surface area contributed by atoms with Crippen LogP contribution >= 0.6 is 0 Å². The normalized spacial score (nSPS) is 10.4. The number of carbonyl (C=O) groups excluding carboxylic acids is 2. The number of aromatic nitrogens is 2. The van der Waals surface area contributed by atoms with E-state index in [9.17, 15) is 9.59 Å². The Kier molecular flexibility index (Phi) is 4.67. The van der Waals surface area contributed by atoms with Gasteiger partial charge in [0.05, 0.1) is 17.4 Å². The molecule has 0 aliphatic carbocycles. The molecule has 7 nitrogen and oxygen atoms in total. The molecule has 0 fully saturated rings. The highest BCUT2D eigenvalue weighted by Gasteiger charge is 2.07. The number of rotatable bonds is 6. The minimum atomic E-state index is -0.208. The van der Waals surface area contributed by atoms with Gasteiger partial charge in [-0.1, -0.05) is 0 Å². The van der Waals surface area contributed by atoms with Crippen LogP contribution < -0.4 is 10.6 Å². The van der Waals surface area contributed by atoms with E-state index in [1.54, 1.807) is 24.5 Å². The van der Waals surface area contributed by atoms with E-state index in [1.807, 2.05) is 0 Å². The third kappa shape index (κ3) is 3.55. The molecule has 0 spiro atoms. The lowest BCUT2D eigenvalue weighted by Crippen LogP contribution is -2.36. The number of methoxy groups -OCH3 is 1. The van der Waals surface area contributed by atoms with Crippen molar-refractivity contribution in [3.8, 4) is 0 Å². The van der Waals surface area contributed by atoms with Crippen LogP contribution in [0.25, 0.3) is 11.0 Å². The molecule has 0 unspecified atom stereocenters. The third-order valence-corrected chi connectivity index (χ3v) is 2.69. The van der Waals surface area contributed by atoms with Crippen molar-refractivity contribution < 1.29 is 14.3 Å². The molecule has 7 heteroatoms. The van der Waals surface area contributed by atoms with Gasteiger partial charge in [0.25, 0.3) is 5.91 Å². The van der Waals surface area contributed by atoms with Gasteiger partial charge in [-0.25, -0.2) is 4.98 Å². The van der Waals surface area contributed by atoms with Crippen molar-refractivity contribution in [2.24, 2.45) is 0 Å². The first kappa shape index (κ1) is 14.0. The minimum absolute atomic E-state index is 0.0183. The van der Waals surface area contributed by atoms with Crippen LogP contribution in [0.3, 0.4) is 0 Å². The highest BCUT2D eigenvalue weighted by Crippen LogP contribution is 2.11. The van der Waals surface area contributed by atoms with E-state index in [0.29, 0.717) is 18.7 Å². The lowest BCUT2D eigenvalue weighted by Gasteiger charge is -2.06. The zero-order valence-corrected chi connectivity index (χ0v) is 11.1. The van der Waals surface area contributed by atoms with E-state index >= 15 is 0 Å². The van der Waals surface area contributed by atoms with Crippen LogP contribution in [0.5, 0.6) is 0 Å². The topological polar surface area (TPSA) is 96.1 Å². The molecule has 0 bridgehead atoms. The summed E-state index contributed by atoms with van der Waals surface area (Å²) in [5.41, 5.74) is 2.17. The van der Waals surface area contributed by atoms with Crippen molar-refractivity contribution >= 4 is 22.8 Å². The van der Waals surface area contributed by atoms with E-state index in [4.69, 9.17) is 0 Å². The molecule has 1 aromatic carbocycles. The molecule has 1 heterocycles.